The van der Waals surface area contributed by atoms with Crippen LogP contribution in [-0.4, -0.2) is 4.57 Å². The topological polar surface area (TPSA) is 4.93 Å². The number of thiophene rings is 1. The molecule has 0 aliphatic heterocycles. The number of para-hydroxylation sites is 1. The van der Waals surface area contributed by atoms with E-state index < -0.39 is 0 Å². The van der Waals surface area contributed by atoms with E-state index in [0.717, 1.165) is 5.69 Å². The zero-order valence-corrected chi connectivity index (χ0v) is 34.7. The first-order chi connectivity index (χ1) is 30.7. The highest BCUT2D eigenvalue weighted by atomic mass is 32.1. The number of nitrogens with zero attached hydrogens (tertiary/aromatic N) is 1. The van der Waals surface area contributed by atoms with Gasteiger partial charge in [-0.05, 0) is 133 Å². The van der Waals surface area contributed by atoms with Gasteiger partial charge in [-0.1, -0.05) is 170 Å². The maximum atomic E-state index is 2.41. The number of fused-ring (bicyclic) bond motifs is 6. The molecule has 0 aliphatic carbocycles. The molecule has 0 spiro atoms. The van der Waals surface area contributed by atoms with Crippen LogP contribution in [0.15, 0.2) is 237 Å². The van der Waals surface area contributed by atoms with Gasteiger partial charge in [0.1, 0.15) is 0 Å². The first-order valence-corrected chi connectivity index (χ1v) is 22.0. The molecule has 0 bridgehead atoms. The van der Waals surface area contributed by atoms with Gasteiger partial charge in [-0.15, -0.1) is 11.3 Å². The summed E-state index contributed by atoms with van der Waals surface area (Å²) in [7, 11) is 0. The SMILES string of the molecule is c1ccc(-c2ccc(-c3cc(-c4ccc5sc6c(-c7ccccc7)cccc6c5c4)cc(-c4ccc5c(c4)c4cc(-c6ccccc6)ccc4n5-c4ccccc4)c3)cc2)cc1. The minimum atomic E-state index is 1.16. The molecule has 0 unspecified atom stereocenters. The van der Waals surface area contributed by atoms with Crippen LogP contribution in [0.1, 0.15) is 0 Å². The van der Waals surface area contributed by atoms with Crippen molar-refractivity contribution in [3.05, 3.63) is 237 Å². The van der Waals surface area contributed by atoms with Gasteiger partial charge < -0.3 is 4.57 Å². The van der Waals surface area contributed by atoms with Gasteiger partial charge in [0, 0.05) is 36.6 Å². The van der Waals surface area contributed by atoms with Gasteiger partial charge in [0.2, 0.25) is 0 Å². The highest BCUT2D eigenvalue weighted by Crippen LogP contribution is 2.43. The molecule has 12 aromatic rings. The van der Waals surface area contributed by atoms with Gasteiger partial charge in [-0.25, -0.2) is 0 Å². The Kier molecular flexibility index (Phi) is 8.76. The predicted octanol–water partition coefficient (Wildman–Crippen LogP) is 17.2. The molecule has 2 heteroatoms. The van der Waals surface area contributed by atoms with Crippen LogP contribution in [0.4, 0.5) is 0 Å². The summed E-state index contributed by atoms with van der Waals surface area (Å²) < 4.78 is 5.04. The third kappa shape index (κ3) is 6.32. The fourth-order valence-electron chi connectivity index (χ4n) is 9.30. The normalized spacial score (nSPS) is 11.5. The monoisotopic (exact) mass is 805 g/mol. The van der Waals surface area contributed by atoms with Crippen LogP contribution in [0, 0.1) is 0 Å². The van der Waals surface area contributed by atoms with E-state index in [4.69, 9.17) is 0 Å². The number of hydrogen-bond donors (Lipinski definition) is 0. The molecule has 0 N–H and O–H groups in total. The second kappa shape index (κ2) is 15.0. The minimum absolute atomic E-state index is 1.16. The maximum Gasteiger partial charge on any atom is 0.0541 e. The number of hydrogen-bond acceptors (Lipinski definition) is 1. The minimum Gasteiger partial charge on any atom is -0.309 e. The van der Waals surface area contributed by atoms with Gasteiger partial charge in [0.15, 0.2) is 0 Å². The highest BCUT2D eigenvalue weighted by Gasteiger charge is 2.17. The van der Waals surface area contributed by atoms with Crippen LogP contribution >= 0.6 is 11.3 Å². The van der Waals surface area contributed by atoms with Crippen molar-refractivity contribution in [2.24, 2.45) is 0 Å². The predicted molar refractivity (Wildman–Crippen MR) is 266 cm³/mol. The van der Waals surface area contributed by atoms with Crippen molar-refractivity contribution in [1.82, 2.24) is 4.57 Å². The van der Waals surface area contributed by atoms with Gasteiger partial charge in [-0.2, -0.15) is 0 Å². The lowest BCUT2D eigenvalue weighted by Crippen LogP contribution is -1.93. The molecule has 290 valence electrons. The Labute approximate surface area is 365 Å². The summed E-state index contributed by atoms with van der Waals surface area (Å²) in [5.41, 5.74) is 18.1. The summed E-state index contributed by atoms with van der Waals surface area (Å²) in [6, 6.07) is 86.7. The Morgan fingerprint density at radius 3 is 1.26 bits per heavy atom. The van der Waals surface area contributed by atoms with E-state index in [1.807, 2.05) is 11.3 Å². The van der Waals surface area contributed by atoms with E-state index in [1.165, 1.54) is 109 Å². The van der Waals surface area contributed by atoms with Crippen LogP contribution < -0.4 is 0 Å². The summed E-state index contributed by atoms with van der Waals surface area (Å²) in [6.45, 7) is 0. The van der Waals surface area contributed by atoms with Gasteiger partial charge in [-0.3, -0.25) is 0 Å². The van der Waals surface area contributed by atoms with E-state index in [1.54, 1.807) is 0 Å². The second-order valence-electron chi connectivity index (χ2n) is 16.1. The zero-order valence-electron chi connectivity index (χ0n) is 33.9. The summed E-state index contributed by atoms with van der Waals surface area (Å²) in [6.07, 6.45) is 0. The second-order valence-corrected chi connectivity index (χ2v) is 17.2. The van der Waals surface area contributed by atoms with E-state index in [0.29, 0.717) is 0 Å². The van der Waals surface area contributed by atoms with E-state index in [9.17, 15) is 0 Å². The Morgan fingerprint density at radius 1 is 0.258 bits per heavy atom. The zero-order chi connectivity index (χ0) is 41.0. The van der Waals surface area contributed by atoms with E-state index >= 15 is 0 Å². The molecule has 0 atom stereocenters. The molecule has 0 radical (unpaired) electrons. The third-order valence-corrected chi connectivity index (χ3v) is 13.6. The van der Waals surface area contributed by atoms with Crippen molar-refractivity contribution >= 4 is 53.3 Å². The van der Waals surface area contributed by atoms with Crippen molar-refractivity contribution in [2.45, 2.75) is 0 Å². The summed E-state index contributed by atoms with van der Waals surface area (Å²) >= 11 is 1.89. The summed E-state index contributed by atoms with van der Waals surface area (Å²) in [5.74, 6) is 0. The van der Waals surface area contributed by atoms with Crippen molar-refractivity contribution in [1.29, 1.82) is 0 Å². The van der Waals surface area contributed by atoms with Gasteiger partial charge in [0.25, 0.3) is 0 Å². The van der Waals surface area contributed by atoms with Gasteiger partial charge in [0.05, 0.1) is 11.0 Å². The lowest BCUT2D eigenvalue weighted by molar-refractivity contribution is 1.18. The molecule has 2 heterocycles. The Balaban J connectivity index is 1.05. The maximum absolute atomic E-state index is 2.41. The molecule has 62 heavy (non-hydrogen) atoms. The molecule has 0 saturated carbocycles. The average molecular weight is 806 g/mol. The fraction of sp³-hybridized carbons (Fsp3) is 0. The third-order valence-electron chi connectivity index (χ3n) is 12.4. The van der Waals surface area contributed by atoms with E-state index in [2.05, 4.69) is 241 Å². The molecule has 10 aromatic carbocycles. The Bertz CT molecular complexity index is 3580. The fourth-order valence-corrected chi connectivity index (χ4v) is 10.5. The molecule has 0 saturated heterocycles. The van der Waals surface area contributed by atoms with Crippen molar-refractivity contribution in [3.8, 4) is 72.4 Å². The molecular weight excluding hydrogens is 767 g/mol. The van der Waals surface area contributed by atoms with E-state index in [-0.39, 0.29) is 0 Å². The first kappa shape index (κ1) is 36.1. The van der Waals surface area contributed by atoms with Crippen molar-refractivity contribution in [2.75, 3.05) is 0 Å². The summed E-state index contributed by atoms with van der Waals surface area (Å²) in [5, 5.41) is 5.07. The summed E-state index contributed by atoms with van der Waals surface area (Å²) in [4.78, 5) is 0. The Hall–Kier alpha value is -7.78. The van der Waals surface area contributed by atoms with Crippen LogP contribution in [0.25, 0.3) is 114 Å². The van der Waals surface area contributed by atoms with Crippen molar-refractivity contribution in [3.63, 3.8) is 0 Å². The van der Waals surface area contributed by atoms with Crippen LogP contribution in [0.3, 0.4) is 0 Å². The molecule has 0 aliphatic rings. The van der Waals surface area contributed by atoms with Crippen LogP contribution in [-0.2, 0) is 0 Å². The smallest absolute Gasteiger partial charge is 0.0541 e. The van der Waals surface area contributed by atoms with Crippen LogP contribution in [0.2, 0.25) is 0 Å². The number of rotatable bonds is 7. The highest BCUT2D eigenvalue weighted by molar-refractivity contribution is 7.26. The molecule has 2 aromatic heterocycles. The quantitative estimate of drug-likeness (QED) is 0.151. The number of aromatic nitrogens is 1. The molecule has 1 nitrogen and oxygen atoms in total. The number of benzene rings is 10. The standard InChI is InChI=1S/C60H39NS/c1-5-14-40(15-6-1)42-24-26-43(27-25-42)48-34-49(36-50(35-48)47-30-33-59-56(39-47)53-23-13-22-52(60(53)62-59)44-18-9-3-10-19-44)46-29-32-58-55(38-46)54-37-45(41-16-7-2-8-17-41)28-31-57(54)61(58)51-20-11-4-12-21-51/h1-39H. The lowest BCUT2D eigenvalue weighted by Gasteiger charge is -2.13. The van der Waals surface area contributed by atoms with Gasteiger partial charge >= 0.3 is 0 Å². The van der Waals surface area contributed by atoms with Crippen LogP contribution in [0.5, 0.6) is 0 Å². The largest absolute Gasteiger partial charge is 0.309 e. The first-order valence-electron chi connectivity index (χ1n) is 21.2. The molecular formula is C60H39NS. The van der Waals surface area contributed by atoms with Crippen molar-refractivity contribution < 1.29 is 0 Å². The Morgan fingerprint density at radius 2 is 0.677 bits per heavy atom. The molecule has 0 amide bonds. The molecule has 0 fully saturated rings. The average Bonchev–Trinajstić information content (AvgIpc) is 3.90. The molecule has 12 rings (SSSR count). The lowest BCUT2D eigenvalue weighted by atomic mass is 9.91.